The Balaban J connectivity index is 2.50. The minimum atomic E-state index is 0.0390. The molecule has 0 aliphatic heterocycles. The van der Waals surface area contributed by atoms with E-state index in [4.69, 9.17) is 16.3 Å². The molecule has 2 aromatic rings. The lowest BCUT2D eigenvalue weighted by atomic mass is 10.3. The Labute approximate surface area is 90.4 Å². The third-order valence-corrected chi connectivity index (χ3v) is 1.84. The van der Waals surface area contributed by atoms with Gasteiger partial charge in [-0.25, -0.2) is 14.6 Å². The minimum absolute atomic E-state index is 0.0390. The summed E-state index contributed by atoms with van der Waals surface area (Å²) < 4.78 is 1.30. The van der Waals surface area contributed by atoms with Gasteiger partial charge in [0.05, 0.1) is 5.69 Å². The monoisotopic (exact) mass is 211 g/mol. The van der Waals surface area contributed by atoms with Gasteiger partial charge in [-0.05, 0) is 12.1 Å². The SMILES string of the molecule is N#Cc1ncn(-c2ccc(N)c(C#N)n2)n1. The number of nitrogen functional groups attached to an aromatic ring is 1. The largest absolute Gasteiger partial charge is 0.396 e. The van der Waals surface area contributed by atoms with Gasteiger partial charge in [0.1, 0.15) is 18.5 Å². The molecule has 2 N–H and O–H groups in total. The van der Waals surface area contributed by atoms with Crippen LogP contribution < -0.4 is 5.73 Å². The van der Waals surface area contributed by atoms with Crippen molar-refractivity contribution in [3.8, 4) is 18.0 Å². The van der Waals surface area contributed by atoms with Crippen molar-refractivity contribution in [1.82, 2.24) is 19.7 Å². The maximum atomic E-state index is 8.75. The molecule has 2 heterocycles. The number of pyridine rings is 1. The molecule has 0 aliphatic carbocycles. The van der Waals surface area contributed by atoms with Crippen molar-refractivity contribution in [2.24, 2.45) is 0 Å². The molecule has 0 unspecified atom stereocenters. The van der Waals surface area contributed by atoms with Crippen LogP contribution in [0, 0.1) is 22.7 Å². The Morgan fingerprint density at radius 2 is 2.06 bits per heavy atom. The van der Waals surface area contributed by atoms with E-state index < -0.39 is 0 Å². The standard InChI is InChI=1S/C9H5N7/c10-3-7-6(12)1-2-9(14-7)16-5-13-8(4-11)15-16/h1-2,5H,12H2. The molecule has 2 rings (SSSR count). The van der Waals surface area contributed by atoms with Crippen molar-refractivity contribution >= 4 is 5.69 Å². The predicted molar refractivity (Wildman–Crippen MR) is 53.0 cm³/mol. The fraction of sp³-hybridized carbons (Fsp3) is 0. The molecule has 0 aromatic carbocycles. The fourth-order valence-corrected chi connectivity index (χ4v) is 1.10. The van der Waals surface area contributed by atoms with E-state index in [0.717, 1.165) is 0 Å². The zero-order chi connectivity index (χ0) is 11.5. The number of anilines is 1. The van der Waals surface area contributed by atoms with E-state index in [1.165, 1.54) is 11.0 Å². The van der Waals surface area contributed by atoms with Gasteiger partial charge in [-0.1, -0.05) is 0 Å². The highest BCUT2D eigenvalue weighted by atomic mass is 15.4. The second-order valence-corrected chi connectivity index (χ2v) is 2.84. The third-order valence-electron chi connectivity index (χ3n) is 1.84. The van der Waals surface area contributed by atoms with E-state index in [2.05, 4.69) is 15.1 Å². The van der Waals surface area contributed by atoms with E-state index >= 15 is 0 Å². The van der Waals surface area contributed by atoms with Gasteiger partial charge in [0.15, 0.2) is 11.5 Å². The summed E-state index contributed by atoms with van der Waals surface area (Å²) in [4.78, 5) is 7.70. The summed E-state index contributed by atoms with van der Waals surface area (Å²) in [6, 6.07) is 6.80. The van der Waals surface area contributed by atoms with E-state index in [9.17, 15) is 0 Å². The highest BCUT2D eigenvalue weighted by Gasteiger charge is 2.06. The van der Waals surface area contributed by atoms with Crippen molar-refractivity contribution in [3.63, 3.8) is 0 Å². The summed E-state index contributed by atoms with van der Waals surface area (Å²) in [6.07, 6.45) is 1.35. The van der Waals surface area contributed by atoms with Crippen molar-refractivity contribution in [1.29, 1.82) is 10.5 Å². The molecule has 7 heteroatoms. The fourth-order valence-electron chi connectivity index (χ4n) is 1.10. The number of hydrogen-bond donors (Lipinski definition) is 1. The molecule has 0 spiro atoms. The van der Waals surface area contributed by atoms with Gasteiger partial charge in [0.2, 0.25) is 0 Å². The molecule has 0 saturated heterocycles. The molecule has 0 atom stereocenters. The van der Waals surface area contributed by atoms with Crippen LogP contribution >= 0.6 is 0 Å². The second kappa shape index (κ2) is 3.67. The van der Waals surface area contributed by atoms with E-state index in [1.807, 2.05) is 6.07 Å². The smallest absolute Gasteiger partial charge is 0.252 e. The predicted octanol–water partition coefficient (Wildman–Crippen LogP) is -0.0121. The molecule has 2 aromatic heterocycles. The topological polar surface area (TPSA) is 117 Å². The molecule has 0 radical (unpaired) electrons. The number of nitrogens with zero attached hydrogens (tertiary/aromatic N) is 6. The van der Waals surface area contributed by atoms with Crippen LogP contribution in [0.15, 0.2) is 18.5 Å². The lowest BCUT2D eigenvalue weighted by Crippen LogP contribution is -2.02. The molecular formula is C9H5N7. The van der Waals surface area contributed by atoms with Gasteiger partial charge in [0.25, 0.3) is 5.82 Å². The second-order valence-electron chi connectivity index (χ2n) is 2.84. The van der Waals surface area contributed by atoms with Crippen molar-refractivity contribution in [3.05, 3.63) is 30.0 Å². The lowest BCUT2D eigenvalue weighted by Gasteiger charge is -2.00. The van der Waals surface area contributed by atoms with Gasteiger partial charge >= 0.3 is 0 Å². The molecule has 7 nitrogen and oxygen atoms in total. The number of rotatable bonds is 1. The highest BCUT2D eigenvalue weighted by Crippen LogP contribution is 2.10. The third kappa shape index (κ3) is 1.53. The highest BCUT2D eigenvalue weighted by molar-refractivity contribution is 5.51. The Bertz CT molecular complexity index is 614. The number of hydrogen-bond acceptors (Lipinski definition) is 6. The Kier molecular flexibility index (Phi) is 2.21. The first kappa shape index (κ1) is 9.62. The van der Waals surface area contributed by atoms with Gasteiger partial charge in [0, 0.05) is 0 Å². The first-order chi connectivity index (χ1) is 7.74. The van der Waals surface area contributed by atoms with Gasteiger partial charge in [-0.3, -0.25) is 0 Å². The maximum absolute atomic E-state index is 8.75. The van der Waals surface area contributed by atoms with Crippen LogP contribution in [-0.4, -0.2) is 19.7 Å². The summed E-state index contributed by atoms with van der Waals surface area (Å²) in [5.74, 6) is 0.428. The van der Waals surface area contributed by atoms with E-state index in [-0.39, 0.29) is 11.5 Å². The number of nitriles is 2. The summed E-state index contributed by atoms with van der Waals surface area (Å²) in [5.41, 5.74) is 5.94. The Morgan fingerprint density at radius 1 is 1.25 bits per heavy atom. The molecule has 0 bridgehead atoms. The summed E-state index contributed by atoms with van der Waals surface area (Å²) in [5, 5.41) is 21.1. The number of nitrogens with two attached hydrogens (primary N) is 1. The molecule has 0 fully saturated rings. The first-order valence-corrected chi connectivity index (χ1v) is 4.23. The van der Waals surface area contributed by atoms with Crippen LogP contribution in [0.1, 0.15) is 11.5 Å². The average Bonchev–Trinajstić information content (AvgIpc) is 2.78. The lowest BCUT2D eigenvalue weighted by molar-refractivity contribution is 0.838. The summed E-state index contributed by atoms with van der Waals surface area (Å²) in [6.45, 7) is 0. The van der Waals surface area contributed by atoms with Gasteiger partial charge < -0.3 is 5.73 Å². The zero-order valence-electron chi connectivity index (χ0n) is 7.99. The summed E-state index contributed by atoms with van der Waals surface area (Å²) in [7, 11) is 0. The van der Waals surface area contributed by atoms with Crippen LogP contribution in [0.25, 0.3) is 5.82 Å². The Morgan fingerprint density at radius 3 is 2.69 bits per heavy atom. The quantitative estimate of drug-likeness (QED) is 0.708. The van der Waals surface area contributed by atoms with E-state index in [1.54, 1.807) is 18.2 Å². The van der Waals surface area contributed by atoms with Crippen molar-refractivity contribution < 1.29 is 0 Å². The zero-order valence-corrected chi connectivity index (χ0v) is 7.99. The van der Waals surface area contributed by atoms with Gasteiger partial charge in [-0.15, -0.1) is 5.10 Å². The van der Waals surface area contributed by atoms with Crippen LogP contribution in [0.4, 0.5) is 5.69 Å². The molecule has 16 heavy (non-hydrogen) atoms. The summed E-state index contributed by atoms with van der Waals surface area (Å²) >= 11 is 0. The molecule has 76 valence electrons. The normalized spacial score (nSPS) is 9.38. The van der Waals surface area contributed by atoms with E-state index in [0.29, 0.717) is 11.5 Å². The first-order valence-electron chi connectivity index (χ1n) is 4.23. The molecule has 0 amide bonds. The average molecular weight is 211 g/mol. The van der Waals surface area contributed by atoms with Crippen LogP contribution in [0.3, 0.4) is 0 Å². The number of aromatic nitrogens is 4. The van der Waals surface area contributed by atoms with Crippen LogP contribution in [0.5, 0.6) is 0 Å². The van der Waals surface area contributed by atoms with Crippen LogP contribution in [0.2, 0.25) is 0 Å². The minimum Gasteiger partial charge on any atom is -0.396 e. The van der Waals surface area contributed by atoms with Crippen LogP contribution in [-0.2, 0) is 0 Å². The molecule has 0 saturated carbocycles. The molecule has 0 aliphatic rings. The van der Waals surface area contributed by atoms with Crippen molar-refractivity contribution in [2.75, 3.05) is 5.73 Å². The molecular weight excluding hydrogens is 206 g/mol. The maximum Gasteiger partial charge on any atom is 0.252 e. The van der Waals surface area contributed by atoms with Gasteiger partial charge in [-0.2, -0.15) is 10.5 Å². The Hall–Kier alpha value is -2.93. The van der Waals surface area contributed by atoms with Crippen molar-refractivity contribution in [2.45, 2.75) is 0 Å².